The lowest BCUT2D eigenvalue weighted by Crippen LogP contribution is -2.27. The van der Waals surface area contributed by atoms with E-state index in [0.717, 1.165) is 0 Å². The summed E-state index contributed by atoms with van der Waals surface area (Å²) in [6, 6.07) is 10.2. The summed E-state index contributed by atoms with van der Waals surface area (Å²) in [5, 5.41) is 22.5. The summed E-state index contributed by atoms with van der Waals surface area (Å²) in [7, 11) is 0. The number of rotatable bonds is 6. The fourth-order valence-corrected chi connectivity index (χ4v) is 2.24. The van der Waals surface area contributed by atoms with Gasteiger partial charge in [0.25, 0.3) is 0 Å². The Morgan fingerprint density at radius 1 is 1.14 bits per heavy atom. The number of ether oxygens (including phenoxy) is 2. The van der Waals surface area contributed by atoms with E-state index in [0.29, 0.717) is 11.4 Å². The zero-order valence-corrected chi connectivity index (χ0v) is 15.6. The minimum Gasteiger partial charge on any atom is -0.478 e. The second-order valence-corrected chi connectivity index (χ2v) is 6.88. The van der Waals surface area contributed by atoms with Crippen LogP contribution in [0.5, 0.6) is 11.5 Å². The van der Waals surface area contributed by atoms with Gasteiger partial charge in [-0.25, -0.2) is 9.59 Å². The van der Waals surface area contributed by atoms with Crippen molar-refractivity contribution in [1.82, 2.24) is 0 Å². The van der Waals surface area contributed by atoms with Crippen molar-refractivity contribution in [3.05, 3.63) is 63.7 Å². The minimum atomic E-state index is -1.26. The van der Waals surface area contributed by atoms with Crippen LogP contribution >= 0.6 is 0 Å². The predicted octanol–water partition coefficient (Wildman–Crippen LogP) is 4.30. The molecular weight excluding hydrogens is 368 g/mol. The molecule has 2 N–H and O–H groups in total. The molecule has 0 radical (unpaired) electrons. The number of carboxylic acid groups (broad SMARTS) is 1. The zero-order chi connectivity index (χ0) is 20.9. The molecule has 0 spiro atoms. The third kappa shape index (κ3) is 6.27. The maximum Gasteiger partial charge on any atom is 0.412 e. The SMILES string of the molecule is CC(C)(C)OC(=O)Nc1ccc(Oc2ccc(C[N+](=O)[O-])cc2C(=O)O)cc1. The molecule has 1 amide bonds. The number of nitrogens with one attached hydrogen (secondary N) is 1. The number of carbonyl (C=O) groups is 2. The number of hydrogen-bond donors (Lipinski definition) is 2. The molecule has 9 heteroatoms. The standard InChI is InChI=1S/C19H20N2O7/c1-19(2,3)28-18(24)20-13-5-7-14(8-6-13)27-16-9-4-12(11-21(25)26)10-15(16)17(22)23/h4-10H,11H2,1-3H3,(H,20,24)(H,22,23). The van der Waals surface area contributed by atoms with Gasteiger partial charge in [-0.05, 0) is 63.2 Å². The van der Waals surface area contributed by atoms with Crippen LogP contribution in [0.3, 0.4) is 0 Å². The maximum absolute atomic E-state index is 11.8. The first-order valence-electron chi connectivity index (χ1n) is 8.29. The molecule has 0 atom stereocenters. The Morgan fingerprint density at radius 3 is 2.32 bits per heavy atom. The highest BCUT2D eigenvalue weighted by molar-refractivity contribution is 5.91. The number of nitrogens with zero attached hydrogens (tertiary/aromatic N) is 1. The van der Waals surface area contributed by atoms with Gasteiger partial charge >= 0.3 is 12.1 Å². The van der Waals surface area contributed by atoms with Gasteiger partial charge in [-0.2, -0.15) is 0 Å². The van der Waals surface area contributed by atoms with Crippen molar-refractivity contribution < 1.29 is 29.1 Å². The Morgan fingerprint density at radius 2 is 1.79 bits per heavy atom. The van der Waals surface area contributed by atoms with Crippen LogP contribution in [0.4, 0.5) is 10.5 Å². The van der Waals surface area contributed by atoms with E-state index in [-0.39, 0.29) is 16.9 Å². The first-order valence-corrected chi connectivity index (χ1v) is 8.29. The van der Waals surface area contributed by atoms with Crippen molar-refractivity contribution in [3.8, 4) is 11.5 Å². The van der Waals surface area contributed by atoms with Crippen LogP contribution in [0, 0.1) is 10.1 Å². The molecule has 2 aromatic carbocycles. The van der Waals surface area contributed by atoms with Gasteiger partial charge in [0.15, 0.2) is 0 Å². The Balaban J connectivity index is 2.12. The van der Waals surface area contributed by atoms with Crippen LogP contribution in [0.2, 0.25) is 0 Å². The highest BCUT2D eigenvalue weighted by Crippen LogP contribution is 2.28. The number of carbonyl (C=O) groups excluding carboxylic acids is 1. The lowest BCUT2D eigenvalue weighted by atomic mass is 10.1. The Hall–Kier alpha value is -3.62. The normalized spacial score (nSPS) is 10.8. The molecule has 2 rings (SSSR count). The Labute approximate surface area is 161 Å². The summed E-state index contributed by atoms with van der Waals surface area (Å²) in [5.41, 5.74) is -0.0785. The number of anilines is 1. The van der Waals surface area contributed by atoms with Crippen molar-refractivity contribution in [3.63, 3.8) is 0 Å². The van der Waals surface area contributed by atoms with Crippen molar-refractivity contribution in [2.24, 2.45) is 0 Å². The minimum absolute atomic E-state index is 0.0486. The smallest absolute Gasteiger partial charge is 0.412 e. The molecule has 0 unspecified atom stereocenters. The second-order valence-electron chi connectivity index (χ2n) is 6.88. The number of aromatic carboxylic acids is 1. The second kappa shape index (κ2) is 8.38. The van der Waals surface area contributed by atoms with Crippen LogP contribution in [-0.4, -0.2) is 27.7 Å². The molecule has 0 fully saturated rings. The summed E-state index contributed by atoms with van der Waals surface area (Å²) in [6.45, 7) is 4.77. The fraction of sp³-hybridized carbons (Fsp3) is 0.263. The molecule has 0 heterocycles. The summed E-state index contributed by atoms with van der Waals surface area (Å²) in [5.74, 6) is -0.880. The average Bonchev–Trinajstić information content (AvgIpc) is 2.55. The molecule has 2 aromatic rings. The molecule has 0 aliphatic carbocycles. The number of nitro groups is 1. The molecule has 28 heavy (non-hydrogen) atoms. The van der Waals surface area contributed by atoms with Gasteiger partial charge in [0, 0.05) is 16.2 Å². The maximum atomic E-state index is 11.8. The van der Waals surface area contributed by atoms with Crippen LogP contribution < -0.4 is 10.1 Å². The van der Waals surface area contributed by atoms with Gasteiger partial charge in [0.05, 0.1) is 0 Å². The van der Waals surface area contributed by atoms with E-state index in [1.54, 1.807) is 45.0 Å². The fourth-order valence-electron chi connectivity index (χ4n) is 2.24. The van der Waals surface area contributed by atoms with E-state index in [9.17, 15) is 24.8 Å². The Kier molecular flexibility index (Phi) is 6.19. The van der Waals surface area contributed by atoms with Gasteiger partial charge < -0.3 is 14.6 Å². The molecule has 0 saturated heterocycles. The molecule has 0 saturated carbocycles. The lowest BCUT2D eigenvalue weighted by molar-refractivity contribution is -0.496. The molecule has 0 bridgehead atoms. The number of hydrogen-bond acceptors (Lipinski definition) is 6. The van der Waals surface area contributed by atoms with Gasteiger partial charge in [-0.1, -0.05) is 0 Å². The molecule has 0 aromatic heterocycles. The van der Waals surface area contributed by atoms with Crippen molar-refractivity contribution in [1.29, 1.82) is 0 Å². The lowest BCUT2D eigenvalue weighted by Gasteiger charge is -2.19. The number of benzene rings is 2. The first-order chi connectivity index (χ1) is 13.0. The van der Waals surface area contributed by atoms with E-state index >= 15 is 0 Å². The number of amides is 1. The van der Waals surface area contributed by atoms with Gasteiger partial charge in [0.1, 0.15) is 22.7 Å². The van der Waals surface area contributed by atoms with Gasteiger partial charge in [-0.3, -0.25) is 15.4 Å². The van der Waals surface area contributed by atoms with Crippen LogP contribution in [0.25, 0.3) is 0 Å². The highest BCUT2D eigenvalue weighted by Gasteiger charge is 2.17. The molecule has 9 nitrogen and oxygen atoms in total. The predicted molar refractivity (Wildman–Crippen MR) is 100 cm³/mol. The Bertz CT molecular complexity index is 886. The summed E-state index contributed by atoms with van der Waals surface area (Å²) >= 11 is 0. The topological polar surface area (TPSA) is 128 Å². The van der Waals surface area contributed by atoms with Gasteiger partial charge in [0.2, 0.25) is 6.54 Å². The molecule has 0 aliphatic heterocycles. The molecular formula is C19H20N2O7. The number of carboxylic acids is 1. The first kappa shape index (κ1) is 20.7. The van der Waals surface area contributed by atoms with Crippen LogP contribution in [0.15, 0.2) is 42.5 Å². The van der Waals surface area contributed by atoms with Crippen LogP contribution in [-0.2, 0) is 11.3 Å². The summed E-state index contributed by atoms with van der Waals surface area (Å²) < 4.78 is 10.7. The van der Waals surface area contributed by atoms with Crippen molar-refractivity contribution in [2.75, 3.05) is 5.32 Å². The largest absolute Gasteiger partial charge is 0.478 e. The van der Waals surface area contributed by atoms with Crippen molar-refractivity contribution in [2.45, 2.75) is 32.9 Å². The monoisotopic (exact) mass is 388 g/mol. The van der Waals surface area contributed by atoms with E-state index in [4.69, 9.17) is 9.47 Å². The quantitative estimate of drug-likeness (QED) is 0.557. The van der Waals surface area contributed by atoms with E-state index in [2.05, 4.69) is 5.32 Å². The molecule has 148 valence electrons. The van der Waals surface area contributed by atoms with Crippen LogP contribution in [0.1, 0.15) is 36.7 Å². The third-order valence-electron chi connectivity index (χ3n) is 3.31. The zero-order valence-electron chi connectivity index (χ0n) is 15.6. The average molecular weight is 388 g/mol. The summed E-state index contributed by atoms with van der Waals surface area (Å²) in [4.78, 5) is 33.2. The highest BCUT2D eigenvalue weighted by atomic mass is 16.6. The van der Waals surface area contributed by atoms with E-state index < -0.39 is 29.1 Å². The third-order valence-corrected chi connectivity index (χ3v) is 3.31. The van der Waals surface area contributed by atoms with Crippen molar-refractivity contribution >= 4 is 17.7 Å². The molecule has 0 aliphatic rings. The summed E-state index contributed by atoms with van der Waals surface area (Å²) in [6.07, 6.45) is -0.601. The van der Waals surface area contributed by atoms with E-state index in [1.807, 2.05) is 0 Å². The van der Waals surface area contributed by atoms with E-state index in [1.165, 1.54) is 18.2 Å². The van der Waals surface area contributed by atoms with Gasteiger partial charge in [-0.15, -0.1) is 0 Å².